The summed E-state index contributed by atoms with van der Waals surface area (Å²) in [5.74, 6) is 0.419. The Morgan fingerprint density at radius 3 is 2.62 bits per heavy atom. The van der Waals surface area contributed by atoms with Crippen molar-refractivity contribution >= 4 is 16.9 Å². The number of likely N-dealkylation sites (tertiary alicyclic amines) is 1. The van der Waals surface area contributed by atoms with E-state index in [-0.39, 0.29) is 23.5 Å². The van der Waals surface area contributed by atoms with Crippen molar-refractivity contribution in [3.63, 3.8) is 0 Å². The molecule has 1 aliphatic heterocycles. The Morgan fingerprint density at radius 2 is 1.93 bits per heavy atom. The van der Waals surface area contributed by atoms with Gasteiger partial charge < -0.3 is 14.5 Å². The number of carbonyl (C=O) groups excluding carboxylic acids is 1. The third kappa shape index (κ3) is 3.98. The molecule has 2 heterocycles. The molecule has 1 atom stereocenters. The first kappa shape index (κ1) is 19.5. The standard InChI is InChI=1S/C23H25FN2O3/c1-15-19-13-17(24)7-10-21(19)29-22(15)23(27)25-14-20(26-11-3-4-12-26)16-5-8-18(28-2)9-6-16/h5-10,13,20H,3-4,11-12,14H2,1-2H3,(H,25,27). The zero-order chi connectivity index (χ0) is 20.4. The Balaban J connectivity index is 1.53. The van der Waals surface area contributed by atoms with Gasteiger partial charge in [0.05, 0.1) is 13.2 Å². The fourth-order valence-electron chi connectivity index (χ4n) is 4.02. The first-order valence-corrected chi connectivity index (χ1v) is 9.91. The Hall–Kier alpha value is -2.86. The molecule has 2 aromatic carbocycles. The molecule has 5 nitrogen and oxygen atoms in total. The van der Waals surface area contributed by atoms with Gasteiger partial charge in [-0.15, -0.1) is 0 Å². The molecule has 4 rings (SSSR count). The number of halogens is 1. The number of amides is 1. The van der Waals surface area contributed by atoms with Crippen molar-refractivity contribution in [2.45, 2.75) is 25.8 Å². The number of ether oxygens (including phenoxy) is 1. The van der Waals surface area contributed by atoms with Gasteiger partial charge in [0.2, 0.25) is 0 Å². The van der Waals surface area contributed by atoms with Crippen LogP contribution >= 0.6 is 0 Å². The summed E-state index contributed by atoms with van der Waals surface area (Å²) >= 11 is 0. The van der Waals surface area contributed by atoms with Crippen LogP contribution in [-0.4, -0.2) is 37.6 Å². The molecular formula is C23H25FN2O3. The van der Waals surface area contributed by atoms with Gasteiger partial charge in [-0.3, -0.25) is 9.69 Å². The lowest BCUT2D eigenvalue weighted by Gasteiger charge is -2.28. The molecule has 1 amide bonds. The third-order valence-corrected chi connectivity index (χ3v) is 5.64. The molecule has 0 bridgehead atoms. The molecule has 1 fully saturated rings. The van der Waals surface area contributed by atoms with Crippen LogP contribution in [0.1, 0.15) is 40.6 Å². The maximum Gasteiger partial charge on any atom is 0.287 e. The number of nitrogens with zero attached hydrogens (tertiary/aromatic N) is 1. The minimum absolute atomic E-state index is 0.0782. The van der Waals surface area contributed by atoms with Crippen molar-refractivity contribution < 1.29 is 18.3 Å². The van der Waals surface area contributed by atoms with Crippen molar-refractivity contribution in [3.05, 3.63) is 65.2 Å². The van der Waals surface area contributed by atoms with Gasteiger partial charge in [-0.1, -0.05) is 12.1 Å². The average molecular weight is 396 g/mol. The smallest absolute Gasteiger partial charge is 0.287 e. The summed E-state index contributed by atoms with van der Waals surface area (Å²) in [7, 11) is 1.65. The number of benzene rings is 2. The largest absolute Gasteiger partial charge is 0.497 e. The van der Waals surface area contributed by atoms with Crippen molar-refractivity contribution in [2.24, 2.45) is 0 Å². The highest BCUT2D eigenvalue weighted by Gasteiger charge is 2.25. The first-order chi connectivity index (χ1) is 14.1. The van der Waals surface area contributed by atoms with E-state index < -0.39 is 0 Å². The topological polar surface area (TPSA) is 54.7 Å². The summed E-state index contributed by atoms with van der Waals surface area (Å²) in [5.41, 5.74) is 2.30. The molecule has 1 aromatic heterocycles. The quantitative estimate of drug-likeness (QED) is 0.669. The van der Waals surface area contributed by atoms with Crippen LogP contribution in [0.2, 0.25) is 0 Å². The second-order valence-electron chi connectivity index (χ2n) is 7.44. The van der Waals surface area contributed by atoms with E-state index in [0.717, 1.165) is 37.2 Å². The van der Waals surface area contributed by atoms with Crippen LogP contribution in [0.15, 0.2) is 46.9 Å². The van der Waals surface area contributed by atoms with E-state index in [1.807, 2.05) is 24.3 Å². The second kappa shape index (κ2) is 8.25. The summed E-state index contributed by atoms with van der Waals surface area (Å²) in [4.78, 5) is 15.2. The monoisotopic (exact) mass is 396 g/mol. The average Bonchev–Trinajstić information content (AvgIpc) is 3.37. The van der Waals surface area contributed by atoms with Gasteiger partial charge in [-0.05, 0) is 68.8 Å². The predicted octanol–water partition coefficient (Wildman–Crippen LogP) is 4.46. The summed E-state index contributed by atoms with van der Waals surface area (Å²) in [6, 6.07) is 12.3. The highest BCUT2D eigenvalue weighted by Crippen LogP contribution is 2.28. The SMILES string of the molecule is COc1ccc(C(CNC(=O)c2oc3ccc(F)cc3c2C)N2CCCC2)cc1. The molecule has 152 valence electrons. The zero-order valence-electron chi connectivity index (χ0n) is 16.7. The number of rotatable bonds is 6. The zero-order valence-corrected chi connectivity index (χ0v) is 16.7. The lowest BCUT2D eigenvalue weighted by Crippen LogP contribution is -2.36. The number of hydrogen-bond donors (Lipinski definition) is 1. The van der Waals surface area contributed by atoms with E-state index in [1.165, 1.54) is 12.1 Å². The molecular weight excluding hydrogens is 371 g/mol. The number of nitrogens with one attached hydrogen (secondary N) is 1. The minimum Gasteiger partial charge on any atom is -0.497 e. The van der Waals surface area contributed by atoms with Crippen molar-refractivity contribution in [1.82, 2.24) is 10.2 Å². The summed E-state index contributed by atoms with van der Waals surface area (Å²) < 4.78 is 24.5. The molecule has 3 aromatic rings. The fraction of sp³-hybridized carbons (Fsp3) is 0.348. The molecule has 1 aliphatic rings. The number of hydrogen-bond acceptors (Lipinski definition) is 4. The Morgan fingerprint density at radius 1 is 1.21 bits per heavy atom. The normalized spacial score (nSPS) is 15.6. The van der Waals surface area contributed by atoms with E-state index in [9.17, 15) is 9.18 Å². The van der Waals surface area contributed by atoms with Gasteiger partial charge >= 0.3 is 0 Å². The maximum absolute atomic E-state index is 13.5. The molecule has 0 radical (unpaired) electrons. The molecule has 1 unspecified atom stereocenters. The van der Waals surface area contributed by atoms with E-state index in [0.29, 0.717) is 23.1 Å². The highest BCUT2D eigenvalue weighted by molar-refractivity contribution is 5.98. The van der Waals surface area contributed by atoms with Gasteiger partial charge in [-0.25, -0.2) is 4.39 Å². The van der Waals surface area contributed by atoms with E-state index in [1.54, 1.807) is 20.1 Å². The molecule has 0 aliphatic carbocycles. The Bertz CT molecular complexity index is 1010. The molecule has 29 heavy (non-hydrogen) atoms. The molecule has 0 spiro atoms. The maximum atomic E-state index is 13.5. The Kier molecular flexibility index (Phi) is 5.53. The molecule has 6 heteroatoms. The fourth-order valence-corrected chi connectivity index (χ4v) is 4.02. The Labute approximate surface area is 169 Å². The van der Waals surface area contributed by atoms with Crippen molar-refractivity contribution in [3.8, 4) is 5.75 Å². The summed E-state index contributed by atoms with van der Waals surface area (Å²) in [6.07, 6.45) is 2.32. The van der Waals surface area contributed by atoms with Crippen LogP contribution < -0.4 is 10.1 Å². The number of carbonyl (C=O) groups is 1. The number of methoxy groups -OCH3 is 1. The molecule has 1 N–H and O–H groups in total. The van der Waals surface area contributed by atoms with Gasteiger partial charge in [0, 0.05) is 17.5 Å². The van der Waals surface area contributed by atoms with E-state index in [4.69, 9.17) is 9.15 Å². The van der Waals surface area contributed by atoms with Crippen LogP contribution in [-0.2, 0) is 0 Å². The van der Waals surface area contributed by atoms with Gasteiger partial charge in [-0.2, -0.15) is 0 Å². The van der Waals surface area contributed by atoms with Crippen molar-refractivity contribution in [1.29, 1.82) is 0 Å². The van der Waals surface area contributed by atoms with Gasteiger partial charge in [0.1, 0.15) is 17.1 Å². The van der Waals surface area contributed by atoms with Gasteiger partial charge in [0.25, 0.3) is 5.91 Å². The predicted molar refractivity (Wildman–Crippen MR) is 110 cm³/mol. The van der Waals surface area contributed by atoms with Gasteiger partial charge in [0.15, 0.2) is 5.76 Å². The van der Waals surface area contributed by atoms with E-state index in [2.05, 4.69) is 10.2 Å². The first-order valence-electron chi connectivity index (χ1n) is 9.91. The third-order valence-electron chi connectivity index (χ3n) is 5.64. The number of fused-ring (bicyclic) bond motifs is 1. The van der Waals surface area contributed by atoms with Crippen LogP contribution in [0.25, 0.3) is 11.0 Å². The minimum atomic E-state index is -0.345. The second-order valence-corrected chi connectivity index (χ2v) is 7.44. The van der Waals surface area contributed by atoms with Crippen LogP contribution in [0, 0.1) is 12.7 Å². The number of aryl methyl sites for hydroxylation is 1. The van der Waals surface area contributed by atoms with E-state index >= 15 is 0 Å². The molecule has 1 saturated heterocycles. The van der Waals surface area contributed by atoms with Crippen LogP contribution in [0.4, 0.5) is 4.39 Å². The highest BCUT2D eigenvalue weighted by atomic mass is 19.1. The summed E-state index contributed by atoms with van der Waals surface area (Å²) in [5, 5.41) is 3.65. The lowest BCUT2D eigenvalue weighted by atomic mass is 10.0. The van der Waals surface area contributed by atoms with Crippen molar-refractivity contribution in [2.75, 3.05) is 26.7 Å². The summed E-state index contributed by atoms with van der Waals surface area (Å²) in [6.45, 7) is 4.27. The molecule has 0 saturated carbocycles. The van der Waals surface area contributed by atoms with Crippen LogP contribution in [0.3, 0.4) is 0 Å². The van der Waals surface area contributed by atoms with Crippen LogP contribution in [0.5, 0.6) is 5.75 Å². The number of furan rings is 1. The lowest BCUT2D eigenvalue weighted by molar-refractivity contribution is 0.0911.